The number of rotatable bonds is 3. The summed E-state index contributed by atoms with van der Waals surface area (Å²) in [5.74, 6) is -0.487. The van der Waals surface area contributed by atoms with E-state index in [4.69, 9.17) is 0 Å². The summed E-state index contributed by atoms with van der Waals surface area (Å²) in [5, 5.41) is 9.48. The Balaban J connectivity index is 1.77. The Labute approximate surface area is 125 Å². The summed E-state index contributed by atoms with van der Waals surface area (Å²) in [6.07, 6.45) is 1.13. The number of benzene rings is 1. The zero-order valence-corrected chi connectivity index (χ0v) is 12.2. The normalized spacial score (nSPS) is 17.0. The molecule has 1 aromatic heterocycles. The number of nitrogens with one attached hydrogen (secondary N) is 2. The van der Waals surface area contributed by atoms with Gasteiger partial charge >= 0.3 is 0 Å². The zero-order valence-electron chi connectivity index (χ0n) is 11.4. The number of aryl methyl sites for hydroxylation is 1. The monoisotopic (exact) mass is 302 g/mol. The molecule has 1 unspecified atom stereocenters. The lowest BCUT2D eigenvalue weighted by molar-refractivity contribution is -0.118. The van der Waals surface area contributed by atoms with Crippen LogP contribution in [-0.2, 0) is 17.6 Å². The van der Waals surface area contributed by atoms with E-state index in [9.17, 15) is 9.59 Å². The van der Waals surface area contributed by atoms with Gasteiger partial charge in [-0.05, 0) is 29.6 Å². The molecular formula is C14H14N4O2S. The minimum absolute atomic E-state index is 0.197. The van der Waals surface area contributed by atoms with E-state index < -0.39 is 6.04 Å². The molecule has 2 N–H and O–H groups in total. The molecule has 1 aromatic carbocycles. The fraction of sp³-hybridized carbons (Fsp3) is 0.286. The van der Waals surface area contributed by atoms with Crippen LogP contribution in [-0.4, -0.2) is 27.4 Å². The molecule has 6 nitrogen and oxygen atoms in total. The van der Waals surface area contributed by atoms with Crippen LogP contribution in [0.25, 0.3) is 0 Å². The molecule has 7 heteroatoms. The van der Waals surface area contributed by atoms with Gasteiger partial charge < -0.3 is 10.6 Å². The van der Waals surface area contributed by atoms with Crippen molar-refractivity contribution < 1.29 is 9.59 Å². The van der Waals surface area contributed by atoms with E-state index in [1.807, 2.05) is 31.2 Å². The number of fused-ring (bicyclic) bond motifs is 1. The lowest BCUT2D eigenvalue weighted by Gasteiger charge is -2.25. The van der Waals surface area contributed by atoms with E-state index in [2.05, 4.69) is 20.2 Å². The third kappa shape index (κ3) is 2.64. The Morgan fingerprint density at radius 1 is 1.48 bits per heavy atom. The number of aromatic nitrogens is 2. The molecule has 0 spiro atoms. The molecule has 21 heavy (non-hydrogen) atoms. The average molecular weight is 302 g/mol. The van der Waals surface area contributed by atoms with Gasteiger partial charge in [-0.15, -0.1) is 5.10 Å². The van der Waals surface area contributed by atoms with Crippen molar-refractivity contribution in [3.05, 3.63) is 40.4 Å². The summed E-state index contributed by atoms with van der Waals surface area (Å²) in [5.41, 5.74) is 2.48. The number of carbonyl (C=O) groups excluding carboxylic acids is 2. The second-order valence-electron chi connectivity index (χ2n) is 4.78. The van der Waals surface area contributed by atoms with Crippen LogP contribution in [0.4, 0.5) is 5.69 Å². The maximum atomic E-state index is 12.3. The molecular weight excluding hydrogens is 288 g/mol. The van der Waals surface area contributed by atoms with Crippen LogP contribution >= 0.6 is 11.5 Å². The molecule has 0 fully saturated rings. The fourth-order valence-electron chi connectivity index (χ4n) is 2.31. The van der Waals surface area contributed by atoms with Gasteiger partial charge in [0.15, 0.2) is 0 Å². The molecule has 2 aromatic rings. The quantitative estimate of drug-likeness (QED) is 0.897. The second kappa shape index (κ2) is 5.61. The van der Waals surface area contributed by atoms with Gasteiger partial charge in [-0.25, -0.2) is 0 Å². The molecule has 2 amide bonds. The van der Waals surface area contributed by atoms with Crippen LogP contribution in [0.15, 0.2) is 24.3 Å². The van der Waals surface area contributed by atoms with E-state index >= 15 is 0 Å². The van der Waals surface area contributed by atoms with Crippen molar-refractivity contribution in [1.82, 2.24) is 14.9 Å². The second-order valence-corrected chi connectivity index (χ2v) is 5.53. The molecule has 0 saturated carbocycles. The van der Waals surface area contributed by atoms with Crippen LogP contribution in [0, 0.1) is 0 Å². The Morgan fingerprint density at radius 2 is 2.29 bits per heavy atom. The van der Waals surface area contributed by atoms with Crippen molar-refractivity contribution in [3.8, 4) is 0 Å². The molecule has 1 aliphatic rings. The van der Waals surface area contributed by atoms with Crippen molar-refractivity contribution in [2.45, 2.75) is 25.8 Å². The number of hydrogen-bond donors (Lipinski definition) is 2. The van der Waals surface area contributed by atoms with Crippen molar-refractivity contribution in [3.63, 3.8) is 0 Å². The van der Waals surface area contributed by atoms with Crippen LogP contribution in [0.5, 0.6) is 0 Å². The van der Waals surface area contributed by atoms with Gasteiger partial charge in [0, 0.05) is 12.1 Å². The van der Waals surface area contributed by atoms with Crippen molar-refractivity contribution in [2.24, 2.45) is 0 Å². The molecule has 0 bridgehead atoms. The highest BCUT2D eigenvalue weighted by molar-refractivity contribution is 7.08. The van der Waals surface area contributed by atoms with Gasteiger partial charge in [-0.3, -0.25) is 9.59 Å². The van der Waals surface area contributed by atoms with E-state index in [0.717, 1.165) is 22.8 Å². The number of carbonyl (C=O) groups is 2. The standard InChI is InChI=1S/C14H14N4O2S/c1-2-9-12(21-18-17-9)14(20)16-11-7-8-5-3-4-6-10(8)15-13(11)19/h3-6,11H,2,7H2,1H3,(H,15,19)(H,16,20). The molecule has 2 heterocycles. The SMILES string of the molecule is CCc1nnsc1C(=O)NC1Cc2ccccc2NC1=O. The first-order valence-electron chi connectivity index (χ1n) is 6.70. The van der Waals surface area contributed by atoms with Crippen molar-refractivity contribution in [2.75, 3.05) is 5.32 Å². The molecule has 3 rings (SSSR count). The number of nitrogens with zero attached hydrogens (tertiary/aromatic N) is 2. The number of amides is 2. The summed E-state index contributed by atoms with van der Waals surface area (Å²) < 4.78 is 3.79. The van der Waals surface area contributed by atoms with Gasteiger partial charge in [-0.1, -0.05) is 29.6 Å². The number of anilines is 1. The number of para-hydroxylation sites is 1. The van der Waals surface area contributed by atoms with Gasteiger partial charge in [-0.2, -0.15) is 0 Å². The van der Waals surface area contributed by atoms with Crippen molar-refractivity contribution in [1.29, 1.82) is 0 Å². The largest absolute Gasteiger partial charge is 0.339 e. The first-order chi connectivity index (χ1) is 10.2. The molecule has 108 valence electrons. The maximum absolute atomic E-state index is 12.3. The summed E-state index contributed by atoms with van der Waals surface area (Å²) in [6, 6.07) is 7.01. The third-order valence-electron chi connectivity index (χ3n) is 3.42. The Kier molecular flexibility index (Phi) is 3.66. The first-order valence-corrected chi connectivity index (χ1v) is 7.47. The van der Waals surface area contributed by atoms with Gasteiger partial charge in [0.25, 0.3) is 5.91 Å². The smallest absolute Gasteiger partial charge is 0.265 e. The summed E-state index contributed by atoms with van der Waals surface area (Å²) >= 11 is 1.05. The highest BCUT2D eigenvalue weighted by Crippen LogP contribution is 2.22. The first kappa shape index (κ1) is 13.7. The molecule has 0 radical (unpaired) electrons. The average Bonchev–Trinajstić information content (AvgIpc) is 2.96. The van der Waals surface area contributed by atoms with Gasteiger partial charge in [0.2, 0.25) is 5.91 Å². The summed E-state index contributed by atoms with van der Waals surface area (Å²) in [6.45, 7) is 1.91. The predicted molar refractivity (Wildman–Crippen MR) is 79.3 cm³/mol. The predicted octanol–water partition coefficient (Wildman–Crippen LogP) is 1.39. The Hall–Kier alpha value is -2.28. The maximum Gasteiger partial charge on any atom is 0.265 e. The Bertz CT molecular complexity index is 698. The fourth-order valence-corrected chi connectivity index (χ4v) is 2.96. The van der Waals surface area contributed by atoms with E-state index in [1.165, 1.54) is 0 Å². The minimum Gasteiger partial charge on any atom is -0.339 e. The highest BCUT2D eigenvalue weighted by atomic mass is 32.1. The lowest BCUT2D eigenvalue weighted by atomic mass is 9.99. The Morgan fingerprint density at radius 3 is 3.10 bits per heavy atom. The van der Waals surface area contributed by atoms with Crippen LogP contribution in [0.2, 0.25) is 0 Å². The third-order valence-corrected chi connectivity index (χ3v) is 4.18. The highest BCUT2D eigenvalue weighted by Gasteiger charge is 2.28. The van der Waals surface area contributed by atoms with Gasteiger partial charge in [0.1, 0.15) is 10.9 Å². The molecule has 0 saturated heterocycles. The lowest BCUT2D eigenvalue weighted by Crippen LogP contribution is -2.47. The van der Waals surface area contributed by atoms with Gasteiger partial charge in [0.05, 0.1) is 5.69 Å². The van der Waals surface area contributed by atoms with Crippen LogP contribution in [0.3, 0.4) is 0 Å². The minimum atomic E-state index is -0.570. The van der Waals surface area contributed by atoms with E-state index in [1.54, 1.807) is 0 Å². The number of hydrogen-bond acceptors (Lipinski definition) is 5. The summed E-state index contributed by atoms with van der Waals surface area (Å²) in [7, 11) is 0. The van der Waals surface area contributed by atoms with Crippen LogP contribution < -0.4 is 10.6 Å². The van der Waals surface area contributed by atoms with Crippen molar-refractivity contribution >= 4 is 29.0 Å². The summed E-state index contributed by atoms with van der Waals surface area (Å²) in [4.78, 5) is 24.8. The van der Waals surface area contributed by atoms with E-state index in [0.29, 0.717) is 23.4 Å². The van der Waals surface area contributed by atoms with Crippen LogP contribution in [0.1, 0.15) is 27.9 Å². The molecule has 1 aliphatic heterocycles. The van der Waals surface area contributed by atoms with E-state index in [-0.39, 0.29) is 11.8 Å². The zero-order chi connectivity index (χ0) is 14.8. The molecule has 0 aliphatic carbocycles. The topological polar surface area (TPSA) is 84.0 Å². The molecule has 1 atom stereocenters.